The molecule has 88 valence electrons. The van der Waals surface area contributed by atoms with E-state index < -0.39 is 12.1 Å². The Bertz CT molecular complexity index is 227. The van der Waals surface area contributed by atoms with E-state index in [-0.39, 0.29) is 6.04 Å². The maximum absolute atomic E-state index is 12.0. The monoisotopic (exact) mass is 223 g/mol. The predicted molar refractivity (Wildman–Crippen MR) is 50.2 cm³/mol. The minimum absolute atomic E-state index is 0.294. The third kappa shape index (κ3) is 3.72. The fourth-order valence-electron chi connectivity index (χ4n) is 2.06. The first-order chi connectivity index (χ1) is 6.93. The first-order valence-corrected chi connectivity index (χ1v) is 5.31. The van der Waals surface area contributed by atoms with Crippen molar-refractivity contribution in [3.05, 3.63) is 0 Å². The van der Waals surface area contributed by atoms with Gasteiger partial charge in [-0.25, -0.2) is 0 Å². The highest BCUT2D eigenvalue weighted by Gasteiger charge is 2.40. The summed E-state index contributed by atoms with van der Waals surface area (Å²) in [5, 5.41) is 2.06. The summed E-state index contributed by atoms with van der Waals surface area (Å²) in [7, 11) is 0. The highest BCUT2D eigenvalue weighted by Crippen LogP contribution is 2.27. The number of carbonyl (C=O) groups is 1. The van der Waals surface area contributed by atoms with Crippen LogP contribution in [0.15, 0.2) is 0 Å². The molecule has 0 aromatic carbocycles. The molecule has 1 N–H and O–H groups in total. The van der Waals surface area contributed by atoms with Crippen LogP contribution in [0.3, 0.4) is 0 Å². The lowest BCUT2D eigenvalue weighted by Crippen LogP contribution is -2.44. The van der Waals surface area contributed by atoms with Crippen molar-refractivity contribution < 1.29 is 18.0 Å². The Balaban J connectivity index is 2.41. The van der Waals surface area contributed by atoms with Gasteiger partial charge >= 0.3 is 12.1 Å². The summed E-state index contributed by atoms with van der Waals surface area (Å²) < 4.78 is 35.9. The molecule has 0 radical (unpaired) electrons. The largest absolute Gasteiger partial charge is 0.471 e. The molecular weight excluding hydrogens is 207 g/mol. The molecule has 2 unspecified atom stereocenters. The number of alkyl halides is 3. The van der Waals surface area contributed by atoms with Gasteiger partial charge in [-0.05, 0) is 18.8 Å². The van der Waals surface area contributed by atoms with Gasteiger partial charge in [-0.2, -0.15) is 13.2 Å². The van der Waals surface area contributed by atoms with Gasteiger partial charge in [-0.3, -0.25) is 4.79 Å². The molecule has 0 saturated heterocycles. The van der Waals surface area contributed by atoms with Crippen molar-refractivity contribution in [1.82, 2.24) is 5.32 Å². The van der Waals surface area contributed by atoms with Crippen molar-refractivity contribution in [2.75, 3.05) is 0 Å². The predicted octanol–water partition coefficient (Wildman–Crippen LogP) is 2.63. The third-order valence-electron chi connectivity index (χ3n) is 2.95. The maximum atomic E-state index is 12.0. The Kier molecular flexibility index (Phi) is 3.99. The standard InChI is InChI=1S/C10H16F3NO/c1-2-7-4-3-5-8(6-7)14-9(15)10(11,12)13/h7-8H,2-6H2,1H3,(H,14,15). The van der Waals surface area contributed by atoms with Crippen molar-refractivity contribution in [2.24, 2.45) is 5.92 Å². The second kappa shape index (κ2) is 4.86. The quantitative estimate of drug-likeness (QED) is 0.766. The van der Waals surface area contributed by atoms with Crippen LogP contribution in [0.1, 0.15) is 39.0 Å². The number of rotatable bonds is 2. The van der Waals surface area contributed by atoms with Gasteiger partial charge < -0.3 is 5.32 Å². The van der Waals surface area contributed by atoms with Gasteiger partial charge in [-0.1, -0.05) is 26.2 Å². The van der Waals surface area contributed by atoms with E-state index >= 15 is 0 Å². The van der Waals surface area contributed by atoms with Gasteiger partial charge in [0.2, 0.25) is 0 Å². The molecule has 1 saturated carbocycles. The number of halogens is 3. The van der Waals surface area contributed by atoms with Gasteiger partial charge in [0.1, 0.15) is 0 Å². The molecule has 0 aromatic heterocycles. The second-order valence-electron chi connectivity index (χ2n) is 4.11. The van der Waals surface area contributed by atoms with Crippen molar-refractivity contribution in [1.29, 1.82) is 0 Å². The number of carbonyl (C=O) groups excluding carboxylic acids is 1. The van der Waals surface area contributed by atoms with Crippen LogP contribution < -0.4 is 5.32 Å². The molecule has 0 heterocycles. The van der Waals surface area contributed by atoms with E-state index in [0.29, 0.717) is 18.8 Å². The zero-order valence-electron chi connectivity index (χ0n) is 8.73. The Morgan fingerprint density at radius 2 is 2.07 bits per heavy atom. The van der Waals surface area contributed by atoms with Crippen molar-refractivity contribution in [3.8, 4) is 0 Å². The zero-order chi connectivity index (χ0) is 11.5. The average molecular weight is 223 g/mol. The minimum atomic E-state index is -4.75. The lowest BCUT2D eigenvalue weighted by Gasteiger charge is -2.29. The van der Waals surface area contributed by atoms with Gasteiger partial charge in [0.25, 0.3) is 0 Å². The number of amides is 1. The van der Waals surface area contributed by atoms with Crippen LogP contribution in [-0.4, -0.2) is 18.1 Å². The molecule has 1 aliphatic carbocycles. The number of hydrogen-bond donors (Lipinski definition) is 1. The van der Waals surface area contributed by atoms with Crippen LogP contribution in [0.4, 0.5) is 13.2 Å². The van der Waals surface area contributed by atoms with Crippen molar-refractivity contribution in [2.45, 2.75) is 51.2 Å². The Labute approximate surface area is 87.2 Å². The molecule has 0 spiro atoms. The fourth-order valence-corrected chi connectivity index (χ4v) is 2.06. The van der Waals surface area contributed by atoms with Gasteiger partial charge in [-0.15, -0.1) is 0 Å². The molecule has 0 bridgehead atoms. The zero-order valence-corrected chi connectivity index (χ0v) is 8.73. The topological polar surface area (TPSA) is 29.1 Å². The number of nitrogens with one attached hydrogen (secondary N) is 1. The Hall–Kier alpha value is -0.740. The summed E-state index contributed by atoms with van der Waals surface area (Å²) in [4.78, 5) is 10.7. The van der Waals surface area contributed by atoms with Crippen LogP contribution in [-0.2, 0) is 4.79 Å². The molecule has 0 aliphatic heterocycles. The summed E-state index contributed by atoms with van der Waals surface area (Å²) in [5.74, 6) is -1.35. The van der Waals surface area contributed by atoms with E-state index in [4.69, 9.17) is 0 Å². The smallest absolute Gasteiger partial charge is 0.346 e. The van der Waals surface area contributed by atoms with Gasteiger partial charge in [0, 0.05) is 6.04 Å². The molecule has 1 fully saturated rings. The summed E-state index contributed by atoms with van der Waals surface area (Å²) in [6.07, 6.45) is -0.468. The van der Waals surface area contributed by atoms with Gasteiger partial charge in [0.15, 0.2) is 0 Å². The van der Waals surface area contributed by atoms with E-state index in [0.717, 1.165) is 19.3 Å². The van der Waals surface area contributed by atoms with E-state index in [1.54, 1.807) is 0 Å². The van der Waals surface area contributed by atoms with Crippen LogP contribution in [0.25, 0.3) is 0 Å². The van der Waals surface area contributed by atoms with Crippen molar-refractivity contribution in [3.63, 3.8) is 0 Å². The van der Waals surface area contributed by atoms with E-state index in [2.05, 4.69) is 5.32 Å². The Morgan fingerprint density at radius 1 is 1.40 bits per heavy atom. The molecule has 1 aliphatic rings. The summed E-state index contributed by atoms with van der Waals surface area (Å²) in [6.45, 7) is 2.03. The third-order valence-corrected chi connectivity index (χ3v) is 2.95. The summed E-state index contributed by atoms with van der Waals surface area (Å²) in [6, 6.07) is -0.294. The minimum Gasteiger partial charge on any atom is -0.346 e. The molecule has 2 atom stereocenters. The lowest BCUT2D eigenvalue weighted by atomic mass is 9.84. The first-order valence-electron chi connectivity index (χ1n) is 5.31. The normalized spacial score (nSPS) is 27.5. The number of hydrogen-bond acceptors (Lipinski definition) is 1. The maximum Gasteiger partial charge on any atom is 0.471 e. The highest BCUT2D eigenvalue weighted by molar-refractivity contribution is 5.81. The first kappa shape index (κ1) is 12.3. The van der Waals surface area contributed by atoms with Gasteiger partial charge in [0.05, 0.1) is 0 Å². The molecule has 2 nitrogen and oxygen atoms in total. The molecular formula is C10H16F3NO. The Morgan fingerprint density at radius 3 is 2.60 bits per heavy atom. The SMILES string of the molecule is CCC1CCCC(NC(=O)C(F)(F)F)C1. The second-order valence-corrected chi connectivity index (χ2v) is 4.11. The average Bonchev–Trinajstić information content (AvgIpc) is 2.16. The molecule has 1 amide bonds. The lowest BCUT2D eigenvalue weighted by molar-refractivity contribution is -0.174. The van der Waals surface area contributed by atoms with Crippen LogP contribution >= 0.6 is 0 Å². The molecule has 15 heavy (non-hydrogen) atoms. The van der Waals surface area contributed by atoms with Crippen molar-refractivity contribution >= 4 is 5.91 Å². The van der Waals surface area contributed by atoms with Crippen LogP contribution in [0.2, 0.25) is 0 Å². The van der Waals surface area contributed by atoms with Crippen LogP contribution in [0.5, 0.6) is 0 Å². The molecule has 1 rings (SSSR count). The summed E-state index contributed by atoms with van der Waals surface area (Å²) in [5.41, 5.74) is 0. The van der Waals surface area contributed by atoms with E-state index in [9.17, 15) is 18.0 Å². The fraction of sp³-hybridized carbons (Fsp3) is 0.900. The van der Waals surface area contributed by atoms with E-state index in [1.165, 1.54) is 0 Å². The summed E-state index contributed by atoms with van der Waals surface area (Å²) >= 11 is 0. The van der Waals surface area contributed by atoms with Crippen LogP contribution in [0, 0.1) is 5.92 Å². The van der Waals surface area contributed by atoms with E-state index in [1.807, 2.05) is 6.92 Å². The molecule has 0 aromatic rings. The highest BCUT2D eigenvalue weighted by atomic mass is 19.4. The molecule has 5 heteroatoms.